The highest BCUT2D eigenvalue weighted by molar-refractivity contribution is 5.94. The van der Waals surface area contributed by atoms with E-state index in [1.165, 1.54) is 0 Å². The van der Waals surface area contributed by atoms with Gasteiger partial charge in [0.2, 0.25) is 11.8 Å². The summed E-state index contributed by atoms with van der Waals surface area (Å²) in [5.41, 5.74) is 6.87. The van der Waals surface area contributed by atoms with Crippen molar-refractivity contribution < 1.29 is 14.6 Å². The van der Waals surface area contributed by atoms with E-state index in [-0.39, 0.29) is 13.2 Å². The number of amides is 1. The number of nitrogens with two attached hydrogens (primary N) is 1. The average molecular weight is 261 g/mol. The Balaban J connectivity index is 2.25. The van der Waals surface area contributed by atoms with Crippen LogP contribution in [0.1, 0.15) is 21.5 Å². The van der Waals surface area contributed by atoms with Crippen molar-refractivity contribution in [3.05, 3.63) is 47.2 Å². The van der Waals surface area contributed by atoms with Gasteiger partial charge in [-0.3, -0.25) is 9.48 Å². The molecule has 0 saturated heterocycles. The van der Waals surface area contributed by atoms with Crippen LogP contribution < -0.4 is 10.5 Å². The lowest BCUT2D eigenvalue weighted by atomic mass is 10.0. The minimum Gasteiger partial charge on any atom is -0.472 e. The molecule has 19 heavy (non-hydrogen) atoms. The molecule has 0 radical (unpaired) electrons. The number of aromatic nitrogens is 2. The van der Waals surface area contributed by atoms with Crippen LogP contribution in [0.4, 0.5) is 0 Å². The molecule has 1 heterocycles. The number of carbonyl (C=O) groups excluding carboxylic acids is 1. The molecule has 0 saturated carbocycles. The van der Waals surface area contributed by atoms with E-state index in [1.807, 2.05) is 0 Å². The minimum absolute atomic E-state index is 0.131. The van der Waals surface area contributed by atoms with E-state index in [4.69, 9.17) is 10.5 Å². The number of hydrogen-bond donors (Lipinski definition) is 2. The normalized spacial score (nSPS) is 10.4. The molecule has 100 valence electrons. The van der Waals surface area contributed by atoms with Crippen LogP contribution >= 0.6 is 0 Å². The Labute approximate surface area is 110 Å². The Morgan fingerprint density at radius 2 is 2.26 bits per heavy atom. The Morgan fingerprint density at radius 1 is 1.47 bits per heavy atom. The molecule has 0 bridgehead atoms. The summed E-state index contributed by atoms with van der Waals surface area (Å²) in [6.45, 7) is -0.0476. The maximum atomic E-state index is 11.4. The number of aliphatic hydroxyl groups excluding tert-OH is 1. The van der Waals surface area contributed by atoms with Gasteiger partial charge in [-0.25, -0.2) is 0 Å². The molecule has 2 aromatic rings. The summed E-state index contributed by atoms with van der Waals surface area (Å²) in [7, 11) is 1.78. The number of primary amides is 1. The summed E-state index contributed by atoms with van der Waals surface area (Å²) >= 11 is 0. The number of aliphatic hydroxyl groups is 1. The van der Waals surface area contributed by atoms with Crippen molar-refractivity contribution in [1.82, 2.24) is 9.78 Å². The van der Waals surface area contributed by atoms with E-state index in [0.717, 1.165) is 0 Å². The van der Waals surface area contributed by atoms with E-state index < -0.39 is 5.91 Å². The second-order valence-electron chi connectivity index (χ2n) is 4.08. The van der Waals surface area contributed by atoms with Crippen LogP contribution in [0.5, 0.6) is 5.88 Å². The largest absolute Gasteiger partial charge is 0.472 e. The maximum absolute atomic E-state index is 11.4. The summed E-state index contributed by atoms with van der Waals surface area (Å²) in [4.78, 5) is 11.4. The molecule has 0 atom stereocenters. The SMILES string of the molecule is Cn1ccc(OCc2c(CO)cccc2C(N)=O)n1. The van der Waals surface area contributed by atoms with E-state index in [9.17, 15) is 9.90 Å². The zero-order valence-electron chi connectivity index (χ0n) is 10.5. The third-order valence-electron chi connectivity index (χ3n) is 2.76. The number of ether oxygens (including phenoxy) is 1. The highest BCUT2D eigenvalue weighted by Gasteiger charge is 2.13. The van der Waals surface area contributed by atoms with Crippen molar-refractivity contribution in [3.8, 4) is 5.88 Å². The van der Waals surface area contributed by atoms with Crippen LogP contribution in [-0.2, 0) is 20.3 Å². The molecule has 0 aliphatic carbocycles. The maximum Gasteiger partial charge on any atom is 0.249 e. The third-order valence-corrected chi connectivity index (χ3v) is 2.76. The second kappa shape index (κ2) is 5.53. The Hall–Kier alpha value is -2.34. The van der Waals surface area contributed by atoms with E-state index in [0.29, 0.717) is 22.6 Å². The summed E-state index contributed by atoms with van der Waals surface area (Å²) in [5.74, 6) is -0.0967. The fourth-order valence-electron chi connectivity index (χ4n) is 1.80. The monoisotopic (exact) mass is 261 g/mol. The summed E-state index contributed by atoms with van der Waals surface area (Å²) in [5, 5.41) is 13.4. The van der Waals surface area contributed by atoms with E-state index >= 15 is 0 Å². The lowest BCUT2D eigenvalue weighted by molar-refractivity contribution is 0.0997. The zero-order chi connectivity index (χ0) is 13.8. The van der Waals surface area contributed by atoms with Crippen LogP contribution in [-0.4, -0.2) is 20.8 Å². The molecule has 2 rings (SSSR count). The van der Waals surface area contributed by atoms with Gasteiger partial charge in [0.05, 0.1) is 6.61 Å². The molecule has 0 fully saturated rings. The second-order valence-corrected chi connectivity index (χ2v) is 4.08. The predicted molar refractivity (Wildman–Crippen MR) is 68.4 cm³/mol. The average Bonchev–Trinajstić information content (AvgIpc) is 2.81. The van der Waals surface area contributed by atoms with Crippen LogP contribution in [0, 0.1) is 0 Å². The molecular formula is C13H15N3O3. The summed E-state index contributed by atoms with van der Waals surface area (Å²) in [6.07, 6.45) is 1.75. The van der Waals surface area contributed by atoms with Crippen molar-refractivity contribution in [2.45, 2.75) is 13.2 Å². The molecule has 1 aromatic heterocycles. The number of carbonyl (C=O) groups is 1. The first-order valence-electron chi connectivity index (χ1n) is 5.75. The fourth-order valence-corrected chi connectivity index (χ4v) is 1.80. The number of rotatable bonds is 5. The standard InChI is InChI=1S/C13H15N3O3/c1-16-6-5-12(15-16)19-8-11-9(7-17)3-2-4-10(11)13(14)18/h2-6,17H,7-8H2,1H3,(H2,14,18). The lowest BCUT2D eigenvalue weighted by Crippen LogP contribution is -2.16. The molecule has 6 heteroatoms. The predicted octanol–water partition coefficient (Wildman–Crippen LogP) is 0.590. The van der Waals surface area contributed by atoms with Gasteiger partial charge in [-0.2, -0.15) is 0 Å². The van der Waals surface area contributed by atoms with Crippen molar-refractivity contribution in [2.75, 3.05) is 0 Å². The number of benzene rings is 1. The van der Waals surface area contributed by atoms with Crippen LogP contribution in [0.3, 0.4) is 0 Å². The lowest BCUT2D eigenvalue weighted by Gasteiger charge is -2.11. The summed E-state index contributed by atoms with van der Waals surface area (Å²) < 4.78 is 7.11. The molecule has 6 nitrogen and oxygen atoms in total. The van der Waals surface area contributed by atoms with Crippen molar-refractivity contribution >= 4 is 5.91 Å². The first-order chi connectivity index (χ1) is 9.11. The van der Waals surface area contributed by atoms with E-state index in [1.54, 1.807) is 42.2 Å². The molecule has 1 aromatic carbocycles. The topological polar surface area (TPSA) is 90.4 Å². The smallest absolute Gasteiger partial charge is 0.249 e. The van der Waals surface area contributed by atoms with Gasteiger partial charge in [-0.05, 0) is 11.6 Å². The van der Waals surface area contributed by atoms with Gasteiger partial charge >= 0.3 is 0 Å². The van der Waals surface area contributed by atoms with Crippen LogP contribution in [0.15, 0.2) is 30.5 Å². The molecule has 0 aliphatic heterocycles. The molecule has 3 N–H and O–H groups in total. The number of nitrogens with zero attached hydrogens (tertiary/aromatic N) is 2. The Kier molecular flexibility index (Phi) is 3.82. The van der Waals surface area contributed by atoms with Gasteiger partial charge in [-0.1, -0.05) is 12.1 Å². The van der Waals surface area contributed by atoms with Crippen LogP contribution in [0.2, 0.25) is 0 Å². The van der Waals surface area contributed by atoms with Gasteiger partial charge in [0.25, 0.3) is 0 Å². The quantitative estimate of drug-likeness (QED) is 0.824. The van der Waals surface area contributed by atoms with Gasteiger partial charge in [-0.15, -0.1) is 5.10 Å². The first kappa shape index (κ1) is 13.1. The van der Waals surface area contributed by atoms with Crippen molar-refractivity contribution in [2.24, 2.45) is 12.8 Å². The first-order valence-corrected chi connectivity index (χ1v) is 5.75. The Morgan fingerprint density at radius 3 is 2.84 bits per heavy atom. The minimum atomic E-state index is -0.546. The van der Waals surface area contributed by atoms with Gasteiger partial charge in [0, 0.05) is 30.4 Å². The van der Waals surface area contributed by atoms with Gasteiger partial charge in [0.1, 0.15) is 6.61 Å². The molecule has 1 amide bonds. The van der Waals surface area contributed by atoms with Gasteiger partial charge < -0.3 is 15.6 Å². The molecule has 0 spiro atoms. The molecule has 0 unspecified atom stereocenters. The third kappa shape index (κ3) is 2.92. The highest BCUT2D eigenvalue weighted by Crippen LogP contribution is 2.17. The zero-order valence-corrected chi connectivity index (χ0v) is 10.5. The Bertz CT molecular complexity index is 593. The fraction of sp³-hybridized carbons (Fsp3) is 0.231. The molecular weight excluding hydrogens is 246 g/mol. The highest BCUT2D eigenvalue weighted by atomic mass is 16.5. The number of aryl methyl sites for hydroxylation is 1. The van der Waals surface area contributed by atoms with Crippen molar-refractivity contribution in [1.29, 1.82) is 0 Å². The summed E-state index contributed by atoms with van der Waals surface area (Å²) in [6, 6.07) is 6.73. The van der Waals surface area contributed by atoms with Crippen LogP contribution in [0.25, 0.3) is 0 Å². The van der Waals surface area contributed by atoms with Gasteiger partial charge in [0.15, 0.2) is 0 Å². The molecule has 0 aliphatic rings. The number of hydrogen-bond acceptors (Lipinski definition) is 4. The van der Waals surface area contributed by atoms with Crippen molar-refractivity contribution in [3.63, 3.8) is 0 Å². The van der Waals surface area contributed by atoms with E-state index in [2.05, 4.69) is 5.10 Å².